The summed E-state index contributed by atoms with van der Waals surface area (Å²) in [7, 11) is 0. The minimum atomic E-state index is 1.07. The van der Waals surface area contributed by atoms with E-state index in [9.17, 15) is 0 Å². The molecule has 0 aliphatic heterocycles. The summed E-state index contributed by atoms with van der Waals surface area (Å²) in [5.41, 5.74) is 11.6. The highest BCUT2D eigenvalue weighted by atomic mass is 15.0. The molecule has 194 valence electrons. The molecule has 6 aromatic carbocycles. The van der Waals surface area contributed by atoms with E-state index in [1.54, 1.807) is 0 Å². The molecule has 0 unspecified atom stereocenters. The third kappa shape index (κ3) is 3.19. The van der Waals surface area contributed by atoms with Crippen LogP contribution in [0.4, 0.5) is 0 Å². The van der Waals surface area contributed by atoms with Gasteiger partial charge < -0.3 is 9.13 Å². The van der Waals surface area contributed by atoms with E-state index in [0.29, 0.717) is 0 Å². The van der Waals surface area contributed by atoms with E-state index in [4.69, 9.17) is 0 Å². The molecule has 0 bridgehead atoms. The molecule has 41 heavy (non-hydrogen) atoms. The fraction of sp³-hybridized carbons (Fsp3) is 0.0769. The summed E-state index contributed by atoms with van der Waals surface area (Å²) in [6, 6.07) is 42.8. The second-order valence-electron chi connectivity index (χ2n) is 11.4. The highest BCUT2D eigenvalue weighted by Gasteiger charge is 2.21. The van der Waals surface area contributed by atoms with Crippen molar-refractivity contribution >= 4 is 60.5 Å². The van der Waals surface area contributed by atoms with Crippen molar-refractivity contribution in [1.82, 2.24) is 9.13 Å². The number of nitrogens with zero attached hydrogens (tertiary/aromatic N) is 2. The maximum atomic E-state index is 2.52. The lowest BCUT2D eigenvalue weighted by atomic mass is 9.95. The second-order valence-corrected chi connectivity index (χ2v) is 11.4. The largest absolute Gasteiger partial charge is 0.309 e. The number of fused-ring (bicyclic) bond motifs is 8. The van der Waals surface area contributed by atoms with Gasteiger partial charge in [-0.05, 0) is 78.7 Å². The van der Waals surface area contributed by atoms with E-state index in [2.05, 4.69) is 143 Å². The van der Waals surface area contributed by atoms with Gasteiger partial charge in [0.2, 0.25) is 0 Å². The molecule has 0 N–H and O–H groups in total. The fourth-order valence-corrected chi connectivity index (χ4v) is 7.19. The first-order valence-electron chi connectivity index (χ1n) is 14.5. The van der Waals surface area contributed by atoms with Crippen LogP contribution in [-0.4, -0.2) is 9.13 Å². The van der Waals surface area contributed by atoms with E-state index < -0.39 is 0 Å². The molecule has 0 spiro atoms. The van der Waals surface area contributed by atoms with Crippen molar-refractivity contribution in [1.29, 1.82) is 0 Å². The summed E-state index contributed by atoms with van der Waals surface area (Å²) in [5.74, 6) is 0. The lowest BCUT2D eigenvalue weighted by molar-refractivity contribution is 0.961. The molecule has 0 fully saturated rings. The predicted octanol–water partition coefficient (Wildman–Crippen LogP) is 10.3. The van der Waals surface area contributed by atoms with Crippen LogP contribution in [0.1, 0.15) is 23.1 Å². The number of hydrogen-bond acceptors (Lipinski definition) is 0. The Kier molecular flexibility index (Phi) is 4.68. The Balaban J connectivity index is 1.47. The van der Waals surface area contributed by atoms with Gasteiger partial charge in [-0.1, -0.05) is 90.5 Å². The summed E-state index contributed by atoms with van der Waals surface area (Å²) in [6.07, 6.45) is 6.74. The zero-order valence-corrected chi connectivity index (χ0v) is 22.9. The zero-order valence-electron chi connectivity index (χ0n) is 22.9. The quantitative estimate of drug-likeness (QED) is 0.213. The van der Waals surface area contributed by atoms with Gasteiger partial charge in [0, 0.05) is 32.6 Å². The summed E-state index contributed by atoms with van der Waals surface area (Å²) in [4.78, 5) is 0. The molecule has 1 aliphatic carbocycles. The Morgan fingerprint density at radius 1 is 0.512 bits per heavy atom. The topological polar surface area (TPSA) is 9.86 Å². The van der Waals surface area contributed by atoms with Crippen LogP contribution in [0.25, 0.3) is 71.8 Å². The zero-order chi connectivity index (χ0) is 27.1. The summed E-state index contributed by atoms with van der Waals surface area (Å²) >= 11 is 0. The fourth-order valence-electron chi connectivity index (χ4n) is 7.19. The van der Waals surface area contributed by atoms with Crippen LogP contribution in [0, 0.1) is 6.92 Å². The molecule has 2 aromatic heterocycles. The predicted molar refractivity (Wildman–Crippen MR) is 175 cm³/mol. The van der Waals surface area contributed by atoms with Crippen molar-refractivity contribution in [2.45, 2.75) is 19.8 Å². The molecular formula is C39H28N2. The van der Waals surface area contributed by atoms with Gasteiger partial charge in [0.15, 0.2) is 0 Å². The number of hydrogen-bond donors (Lipinski definition) is 0. The van der Waals surface area contributed by atoms with E-state index in [1.807, 2.05) is 0 Å². The lowest BCUT2D eigenvalue weighted by Gasteiger charge is -2.18. The van der Waals surface area contributed by atoms with Crippen LogP contribution >= 0.6 is 0 Å². The molecule has 0 radical (unpaired) electrons. The van der Waals surface area contributed by atoms with Crippen LogP contribution < -0.4 is 0 Å². The molecule has 0 saturated carbocycles. The highest BCUT2D eigenvalue weighted by Crippen LogP contribution is 2.41. The van der Waals surface area contributed by atoms with E-state index in [1.165, 1.54) is 82.4 Å². The third-order valence-corrected chi connectivity index (χ3v) is 9.01. The maximum absolute atomic E-state index is 2.52. The van der Waals surface area contributed by atoms with E-state index >= 15 is 0 Å². The van der Waals surface area contributed by atoms with Crippen LogP contribution in [0.3, 0.4) is 0 Å². The molecule has 8 aromatic rings. The molecule has 2 nitrogen and oxygen atoms in total. The smallest absolute Gasteiger partial charge is 0.0549 e. The van der Waals surface area contributed by atoms with Gasteiger partial charge in [-0.3, -0.25) is 0 Å². The summed E-state index contributed by atoms with van der Waals surface area (Å²) in [5, 5.41) is 7.69. The molecule has 2 heterocycles. The number of benzene rings is 6. The average Bonchev–Trinajstić information content (AvgIpc) is 3.51. The number of aryl methyl sites for hydroxylation is 1. The number of aromatic nitrogens is 2. The van der Waals surface area contributed by atoms with Crippen molar-refractivity contribution in [2.24, 2.45) is 0 Å². The van der Waals surface area contributed by atoms with Gasteiger partial charge >= 0.3 is 0 Å². The van der Waals surface area contributed by atoms with Crippen LogP contribution in [0.2, 0.25) is 0 Å². The van der Waals surface area contributed by atoms with Crippen molar-refractivity contribution in [3.05, 3.63) is 138 Å². The highest BCUT2D eigenvalue weighted by molar-refractivity contribution is 6.19. The molecule has 1 aliphatic rings. The second kappa shape index (κ2) is 8.46. The molecular weight excluding hydrogens is 496 g/mol. The Morgan fingerprint density at radius 2 is 1.17 bits per heavy atom. The number of rotatable bonds is 2. The molecule has 0 amide bonds. The monoisotopic (exact) mass is 524 g/mol. The van der Waals surface area contributed by atoms with Crippen molar-refractivity contribution in [3.63, 3.8) is 0 Å². The van der Waals surface area contributed by atoms with Gasteiger partial charge in [0.05, 0.1) is 27.8 Å². The van der Waals surface area contributed by atoms with E-state index in [0.717, 1.165) is 12.8 Å². The summed E-state index contributed by atoms with van der Waals surface area (Å²) in [6.45, 7) is 2.20. The molecule has 0 atom stereocenters. The van der Waals surface area contributed by atoms with Crippen LogP contribution in [-0.2, 0) is 6.42 Å². The first kappa shape index (κ1) is 22.7. The minimum absolute atomic E-state index is 1.07. The third-order valence-electron chi connectivity index (χ3n) is 9.01. The Labute approximate surface area is 238 Å². The average molecular weight is 525 g/mol. The van der Waals surface area contributed by atoms with Crippen molar-refractivity contribution in [3.8, 4) is 11.4 Å². The van der Waals surface area contributed by atoms with Crippen molar-refractivity contribution < 1.29 is 0 Å². The standard InChI is InChI=1S/C39H28N2/c1-25-20-21-37-31(22-25)33-24-38-32(23-39(33)41(37)35-19-9-13-27-11-3-5-15-29(27)35)30-16-6-7-17-36(30)40(38)34-18-8-12-26-10-2-4-14-28(26)34/h2-4,6-14,16-24H,5,15H2,1H3. The van der Waals surface area contributed by atoms with Crippen LogP contribution in [0.15, 0.2) is 121 Å². The van der Waals surface area contributed by atoms with Gasteiger partial charge in [-0.25, -0.2) is 0 Å². The SMILES string of the molecule is Cc1ccc2c(c1)c1cc3c(cc1n2-c1cccc2c1CCC=C2)c1ccccc1n3-c1cccc2ccccc12. The molecule has 9 rings (SSSR count). The Morgan fingerprint density at radius 3 is 2.07 bits per heavy atom. The molecule has 0 saturated heterocycles. The van der Waals surface area contributed by atoms with E-state index in [-0.39, 0.29) is 0 Å². The number of para-hydroxylation sites is 1. The summed E-state index contributed by atoms with van der Waals surface area (Å²) < 4.78 is 4.99. The molecule has 2 heteroatoms. The first-order valence-corrected chi connectivity index (χ1v) is 14.5. The minimum Gasteiger partial charge on any atom is -0.309 e. The Hall–Kier alpha value is -5.08. The van der Waals surface area contributed by atoms with Gasteiger partial charge in [-0.2, -0.15) is 0 Å². The van der Waals surface area contributed by atoms with Gasteiger partial charge in [0.25, 0.3) is 0 Å². The van der Waals surface area contributed by atoms with Gasteiger partial charge in [0.1, 0.15) is 0 Å². The normalized spacial score (nSPS) is 13.2. The van der Waals surface area contributed by atoms with Crippen molar-refractivity contribution in [2.75, 3.05) is 0 Å². The van der Waals surface area contributed by atoms with Crippen LogP contribution in [0.5, 0.6) is 0 Å². The van der Waals surface area contributed by atoms with Gasteiger partial charge in [-0.15, -0.1) is 0 Å². The number of allylic oxidation sites excluding steroid dienone is 1. The maximum Gasteiger partial charge on any atom is 0.0549 e. The Bertz CT molecular complexity index is 2370. The first-order chi connectivity index (χ1) is 20.3. The lowest BCUT2D eigenvalue weighted by Crippen LogP contribution is -2.03.